The first-order chi connectivity index (χ1) is 13.3. The van der Waals surface area contributed by atoms with Crippen LogP contribution in [0, 0.1) is 0 Å². The Bertz CT molecular complexity index is 855. The topological polar surface area (TPSA) is 53.9 Å². The van der Waals surface area contributed by atoms with E-state index in [4.69, 9.17) is 51.1 Å². The maximum absolute atomic E-state index is 12.4. The number of anilines is 1. The van der Waals surface area contributed by atoms with Gasteiger partial charge in [0.1, 0.15) is 11.6 Å². The maximum Gasteiger partial charge on any atom is 0.347 e. The summed E-state index contributed by atoms with van der Waals surface area (Å²) in [5.74, 6) is 1.08. The molecule has 0 aliphatic rings. The lowest BCUT2D eigenvalue weighted by Crippen LogP contribution is -2.36. The van der Waals surface area contributed by atoms with Gasteiger partial charge in [-0.05, 0) is 44.2 Å². The third kappa shape index (κ3) is 6.17. The van der Waals surface area contributed by atoms with Crippen LogP contribution in [-0.2, 0) is 0 Å². The zero-order valence-corrected chi connectivity index (χ0v) is 18.3. The fourth-order valence-corrected chi connectivity index (χ4v) is 3.21. The van der Waals surface area contributed by atoms with Crippen molar-refractivity contribution in [2.75, 3.05) is 18.4 Å². The molecule has 0 spiro atoms. The minimum absolute atomic E-state index is 0.282. The number of carbonyl (C=O) groups excluding carboxylic acids is 1. The van der Waals surface area contributed by atoms with Crippen LogP contribution in [0.1, 0.15) is 13.8 Å². The normalized spacial score (nSPS) is 11.5. The first-order valence-corrected chi connectivity index (χ1v) is 10.1. The number of para-hydroxylation sites is 2. The molecule has 0 heterocycles. The zero-order valence-electron chi connectivity index (χ0n) is 15.3. The molecule has 9 heteroatoms. The van der Waals surface area contributed by atoms with Gasteiger partial charge < -0.3 is 15.0 Å². The summed E-state index contributed by atoms with van der Waals surface area (Å²) in [6, 6.07) is 11.2. The van der Waals surface area contributed by atoms with Crippen LogP contribution < -0.4 is 10.1 Å². The number of ether oxygens (including phenoxy) is 1. The number of nitrogens with zero attached hydrogens (tertiary/aromatic N) is 2. The Labute approximate surface area is 184 Å². The van der Waals surface area contributed by atoms with E-state index in [2.05, 4.69) is 10.3 Å². The number of aliphatic imine (C=N–C) groups is 1. The van der Waals surface area contributed by atoms with Crippen molar-refractivity contribution < 1.29 is 9.53 Å². The fourth-order valence-electron chi connectivity index (χ4n) is 2.39. The number of alkyl halides is 2. The molecule has 150 valence electrons. The molecule has 2 amide bonds. The summed E-state index contributed by atoms with van der Waals surface area (Å²) in [5, 5.41) is 3.53. The zero-order chi connectivity index (χ0) is 20.7. The van der Waals surface area contributed by atoms with Crippen molar-refractivity contribution in [3.05, 3.63) is 52.5 Å². The van der Waals surface area contributed by atoms with Gasteiger partial charge in [0.15, 0.2) is 10.6 Å². The molecule has 0 aliphatic carbocycles. The standard InChI is InChI=1S/C19H19Cl4N3O2/c1-3-26(4-2)18(17(22)23)25-19(27)24-14-7-5-6-8-16(14)28-15-10-9-12(20)11-13(15)21/h5-11,17H,3-4H2,1-2H3,(H,24,27)/b25-18+. The molecule has 0 aromatic heterocycles. The third-order valence-corrected chi connectivity index (χ3v) is 4.66. The van der Waals surface area contributed by atoms with Gasteiger partial charge in [0.25, 0.3) is 0 Å². The number of nitrogens with one attached hydrogen (secondary N) is 1. The van der Waals surface area contributed by atoms with Crippen LogP contribution in [0.25, 0.3) is 0 Å². The third-order valence-electron chi connectivity index (χ3n) is 3.74. The monoisotopic (exact) mass is 461 g/mol. The number of hydrogen-bond donors (Lipinski definition) is 1. The van der Waals surface area contributed by atoms with Crippen LogP contribution in [0.15, 0.2) is 47.5 Å². The highest BCUT2D eigenvalue weighted by atomic mass is 35.5. The molecular formula is C19H19Cl4N3O2. The van der Waals surface area contributed by atoms with Gasteiger partial charge in [-0.2, -0.15) is 4.99 Å². The minimum Gasteiger partial charge on any atom is -0.454 e. The molecule has 0 atom stereocenters. The molecule has 2 aromatic rings. The predicted molar refractivity (Wildman–Crippen MR) is 118 cm³/mol. The fraction of sp³-hybridized carbons (Fsp3) is 0.263. The summed E-state index contributed by atoms with van der Waals surface area (Å²) < 4.78 is 5.82. The number of carbonyl (C=O) groups is 1. The highest BCUT2D eigenvalue weighted by Crippen LogP contribution is 2.35. The average molecular weight is 463 g/mol. The van der Waals surface area contributed by atoms with E-state index in [0.29, 0.717) is 40.3 Å². The van der Waals surface area contributed by atoms with Gasteiger partial charge in [-0.1, -0.05) is 58.5 Å². The van der Waals surface area contributed by atoms with E-state index < -0.39 is 10.9 Å². The number of rotatable bonds is 6. The van der Waals surface area contributed by atoms with E-state index in [0.717, 1.165) is 0 Å². The largest absolute Gasteiger partial charge is 0.454 e. The highest BCUT2D eigenvalue weighted by molar-refractivity contribution is 6.54. The van der Waals surface area contributed by atoms with Crippen molar-refractivity contribution in [3.8, 4) is 11.5 Å². The van der Waals surface area contributed by atoms with Crippen molar-refractivity contribution in [1.82, 2.24) is 4.90 Å². The van der Waals surface area contributed by atoms with Gasteiger partial charge in [-0.3, -0.25) is 0 Å². The molecule has 0 bridgehead atoms. The Kier molecular flexibility index (Phi) is 8.70. The number of urea groups is 1. The molecule has 2 rings (SSSR count). The molecule has 28 heavy (non-hydrogen) atoms. The van der Waals surface area contributed by atoms with Gasteiger partial charge >= 0.3 is 6.03 Å². The van der Waals surface area contributed by atoms with Crippen LogP contribution in [-0.4, -0.2) is 34.7 Å². The summed E-state index contributed by atoms with van der Waals surface area (Å²) >= 11 is 24.0. The van der Waals surface area contributed by atoms with Gasteiger partial charge in [-0.15, -0.1) is 0 Å². The number of benzene rings is 2. The molecule has 2 aromatic carbocycles. The lowest BCUT2D eigenvalue weighted by Gasteiger charge is -2.23. The molecule has 0 saturated carbocycles. The Morgan fingerprint density at radius 2 is 1.79 bits per heavy atom. The van der Waals surface area contributed by atoms with Crippen molar-refractivity contribution in [2.45, 2.75) is 18.7 Å². The second-order valence-corrected chi connectivity index (χ2v) is 7.49. The second kappa shape index (κ2) is 10.8. The van der Waals surface area contributed by atoms with Gasteiger partial charge in [0.2, 0.25) is 0 Å². The predicted octanol–water partition coefficient (Wildman–Crippen LogP) is 6.86. The van der Waals surface area contributed by atoms with E-state index in [1.807, 2.05) is 13.8 Å². The molecule has 1 N–H and O–H groups in total. The first kappa shape index (κ1) is 22.6. The van der Waals surface area contributed by atoms with E-state index in [-0.39, 0.29) is 5.84 Å². The number of halogens is 4. The van der Waals surface area contributed by atoms with Crippen molar-refractivity contribution in [2.24, 2.45) is 4.99 Å². The SMILES string of the molecule is CCN(CC)/C(=N/C(=O)Nc1ccccc1Oc1ccc(Cl)cc1Cl)C(Cl)Cl. The Balaban J connectivity index is 2.24. The molecule has 0 fully saturated rings. The first-order valence-electron chi connectivity index (χ1n) is 8.50. The molecule has 5 nitrogen and oxygen atoms in total. The van der Waals surface area contributed by atoms with E-state index in [1.165, 1.54) is 0 Å². The lowest BCUT2D eigenvalue weighted by molar-refractivity contribution is 0.259. The van der Waals surface area contributed by atoms with E-state index in [1.54, 1.807) is 47.4 Å². The molecular weight excluding hydrogens is 444 g/mol. The molecule has 0 radical (unpaired) electrons. The number of hydrogen-bond acceptors (Lipinski definition) is 2. The quantitative estimate of drug-likeness (QED) is 0.289. The number of amidine groups is 1. The Morgan fingerprint density at radius 1 is 1.11 bits per heavy atom. The van der Waals surface area contributed by atoms with Crippen LogP contribution in [0.3, 0.4) is 0 Å². The molecule has 0 unspecified atom stereocenters. The van der Waals surface area contributed by atoms with Crippen LogP contribution >= 0.6 is 46.4 Å². The van der Waals surface area contributed by atoms with Crippen molar-refractivity contribution in [3.63, 3.8) is 0 Å². The maximum atomic E-state index is 12.4. The molecule has 0 saturated heterocycles. The van der Waals surface area contributed by atoms with Crippen LogP contribution in [0.2, 0.25) is 10.0 Å². The van der Waals surface area contributed by atoms with Crippen LogP contribution in [0.5, 0.6) is 11.5 Å². The van der Waals surface area contributed by atoms with Crippen molar-refractivity contribution in [1.29, 1.82) is 0 Å². The summed E-state index contributed by atoms with van der Waals surface area (Å²) in [5.41, 5.74) is 0.418. The van der Waals surface area contributed by atoms with Gasteiger partial charge in [-0.25, -0.2) is 4.79 Å². The highest BCUT2D eigenvalue weighted by Gasteiger charge is 2.18. The van der Waals surface area contributed by atoms with Gasteiger partial charge in [0, 0.05) is 18.1 Å². The smallest absolute Gasteiger partial charge is 0.347 e. The Morgan fingerprint density at radius 3 is 2.39 bits per heavy atom. The minimum atomic E-state index is -0.926. The molecule has 0 aliphatic heterocycles. The van der Waals surface area contributed by atoms with E-state index >= 15 is 0 Å². The lowest BCUT2D eigenvalue weighted by atomic mass is 10.3. The Hall–Kier alpha value is -1.66. The van der Waals surface area contributed by atoms with Crippen molar-refractivity contribution >= 4 is 64.0 Å². The average Bonchev–Trinajstić information content (AvgIpc) is 2.65. The summed E-state index contributed by atoms with van der Waals surface area (Å²) in [4.78, 5) is 17.3. The summed E-state index contributed by atoms with van der Waals surface area (Å²) in [6.45, 7) is 5.08. The van der Waals surface area contributed by atoms with E-state index in [9.17, 15) is 4.79 Å². The van der Waals surface area contributed by atoms with Crippen LogP contribution in [0.4, 0.5) is 10.5 Å². The second-order valence-electron chi connectivity index (χ2n) is 5.55. The summed E-state index contributed by atoms with van der Waals surface area (Å²) in [6.07, 6.45) is 0. The number of amides is 2. The summed E-state index contributed by atoms with van der Waals surface area (Å²) in [7, 11) is 0. The van der Waals surface area contributed by atoms with Gasteiger partial charge in [0.05, 0.1) is 10.7 Å².